The molecule has 4 aliphatic carbocycles. The van der Waals surface area contributed by atoms with Crippen LogP contribution in [0.2, 0.25) is 0 Å². The molecule has 3 saturated carbocycles. The van der Waals surface area contributed by atoms with Gasteiger partial charge in [0.15, 0.2) is 5.78 Å². The quantitative estimate of drug-likeness (QED) is 0.704. The third-order valence-electron chi connectivity index (χ3n) is 8.81. The summed E-state index contributed by atoms with van der Waals surface area (Å²) in [4.78, 5) is 23.0. The molecule has 1 unspecified atom stereocenters. The van der Waals surface area contributed by atoms with Crippen molar-refractivity contribution in [3.8, 4) is 0 Å². The lowest BCUT2D eigenvalue weighted by Crippen LogP contribution is -2.57. The Labute approximate surface area is 160 Å². The first-order valence-corrected chi connectivity index (χ1v) is 10.5. The molecule has 0 aromatic rings. The maximum atomic E-state index is 11.9. The molecule has 0 radical (unpaired) electrons. The van der Waals surface area contributed by atoms with E-state index in [0.717, 1.165) is 32.1 Å². The van der Waals surface area contributed by atoms with Crippen molar-refractivity contribution in [3.63, 3.8) is 0 Å². The second-order valence-electron chi connectivity index (χ2n) is 10.0. The van der Waals surface area contributed by atoms with Gasteiger partial charge in [-0.15, -0.1) is 0 Å². The molecule has 0 saturated heterocycles. The van der Waals surface area contributed by atoms with Crippen molar-refractivity contribution in [2.45, 2.75) is 77.4 Å². The predicted molar refractivity (Wildman–Crippen MR) is 99.8 cm³/mol. The summed E-state index contributed by atoms with van der Waals surface area (Å²) in [7, 11) is 0. The van der Waals surface area contributed by atoms with Gasteiger partial charge in [-0.25, -0.2) is 0 Å². The summed E-state index contributed by atoms with van der Waals surface area (Å²) >= 11 is 0. The van der Waals surface area contributed by atoms with Crippen molar-refractivity contribution in [2.75, 3.05) is 0 Å². The van der Waals surface area contributed by atoms with Gasteiger partial charge < -0.3 is 15.3 Å². The number of carboxylic acids is 1. The highest BCUT2D eigenvalue weighted by Gasteiger charge is 2.62. The van der Waals surface area contributed by atoms with E-state index in [1.54, 1.807) is 0 Å². The van der Waals surface area contributed by atoms with Crippen LogP contribution in [-0.4, -0.2) is 39.3 Å². The average molecular weight is 376 g/mol. The molecule has 5 heteroatoms. The molecule has 8 atom stereocenters. The SMILES string of the molecule is C[C@]12C[C@H](O)[C@H]3[C@@H](CCC4=CC(=O)CC[C@@]43C)[C@@H]1CC[C@@H]2C(O)CC(=O)O. The second-order valence-corrected chi connectivity index (χ2v) is 10.0. The summed E-state index contributed by atoms with van der Waals surface area (Å²) in [5.41, 5.74) is 0.912. The Morgan fingerprint density at radius 3 is 2.70 bits per heavy atom. The fourth-order valence-electron chi connectivity index (χ4n) is 7.68. The lowest BCUT2D eigenvalue weighted by molar-refractivity contribution is -0.149. The van der Waals surface area contributed by atoms with Crippen molar-refractivity contribution in [3.05, 3.63) is 11.6 Å². The van der Waals surface area contributed by atoms with Crippen molar-refractivity contribution in [1.82, 2.24) is 0 Å². The zero-order chi connectivity index (χ0) is 19.6. The molecule has 0 bridgehead atoms. The summed E-state index contributed by atoms with van der Waals surface area (Å²) in [6.45, 7) is 4.40. The molecule has 150 valence electrons. The number of aliphatic hydroxyl groups excluding tert-OH is 2. The van der Waals surface area contributed by atoms with Crippen LogP contribution in [0.5, 0.6) is 0 Å². The largest absolute Gasteiger partial charge is 0.481 e. The third kappa shape index (κ3) is 2.80. The normalized spacial score (nSPS) is 47.5. The molecule has 3 N–H and O–H groups in total. The topological polar surface area (TPSA) is 94.8 Å². The lowest BCUT2D eigenvalue weighted by atomic mass is 9.45. The first kappa shape index (κ1) is 19.1. The van der Waals surface area contributed by atoms with E-state index in [4.69, 9.17) is 5.11 Å². The molecular formula is C22H32O5. The van der Waals surface area contributed by atoms with Crippen LogP contribution < -0.4 is 0 Å². The van der Waals surface area contributed by atoms with Crippen LogP contribution in [0.1, 0.15) is 65.2 Å². The van der Waals surface area contributed by atoms with Crippen molar-refractivity contribution in [1.29, 1.82) is 0 Å². The highest BCUT2D eigenvalue weighted by molar-refractivity contribution is 5.91. The number of hydrogen-bond acceptors (Lipinski definition) is 4. The van der Waals surface area contributed by atoms with E-state index in [2.05, 4.69) is 13.8 Å². The molecule has 3 fully saturated rings. The molecule has 0 aromatic carbocycles. The number of carbonyl (C=O) groups is 2. The molecule has 0 heterocycles. The number of carboxylic acid groups (broad SMARTS) is 1. The highest BCUT2D eigenvalue weighted by Crippen LogP contribution is 2.67. The van der Waals surface area contributed by atoms with E-state index in [0.29, 0.717) is 24.7 Å². The number of aliphatic hydroxyl groups is 2. The number of allylic oxidation sites excluding steroid dienone is 1. The van der Waals surface area contributed by atoms with Gasteiger partial charge in [-0.05, 0) is 79.1 Å². The van der Waals surface area contributed by atoms with Crippen LogP contribution in [0, 0.1) is 34.5 Å². The number of fused-ring (bicyclic) bond motifs is 5. The molecule has 4 aliphatic rings. The van der Waals surface area contributed by atoms with Gasteiger partial charge in [0.2, 0.25) is 0 Å². The van der Waals surface area contributed by atoms with Gasteiger partial charge >= 0.3 is 5.97 Å². The van der Waals surface area contributed by atoms with Crippen molar-refractivity contribution in [2.24, 2.45) is 34.5 Å². The van der Waals surface area contributed by atoms with Crippen LogP contribution in [-0.2, 0) is 9.59 Å². The average Bonchev–Trinajstić information content (AvgIpc) is 2.91. The smallest absolute Gasteiger partial charge is 0.305 e. The summed E-state index contributed by atoms with van der Waals surface area (Å²) in [5.74, 6) is 0.154. The molecule has 4 rings (SSSR count). The zero-order valence-corrected chi connectivity index (χ0v) is 16.4. The first-order valence-electron chi connectivity index (χ1n) is 10.5. The summed E-state index contributed by atoms with van der Waals surface area (Å²) in [6.07, 6.45) is 6.07. The minimum absolute atomic E-state index is 0.0631. The van der Waals surface area contributed by atoms with E-state index in [1.807, 2.05) is 6.08 Å². The fraction of sp³-hybridized carbons (Fsp3) is 0.818. The van der Waals surface area contributed by atoms with Gasteiger partial charge in [-0.1, -0.05) is 19.4 Å². The van der Waals surface area contributed by atoms with E-state index < -0.39 is 18.2 Å². The van der Waals surface area contributed by atoms with Crippen LogP contribution >= 0.6 is 0 Å². The van der Waals surface area contributed by atoms with Crippen LogP contribution in [0.15, 0.2) is 11.6 Å². The highest BCUT2D eigenvalue weighted by atomic mass is 16.4. The van der Waals surface area contributed by atoms with Crippen LogP contribution in [0.3, 0.4) is 0 Å². The van der Waals surface area contributed by atoms with E-state index in [-0.39, 0.29) is 34.9 Å². The zero-order valence-electron chi connectivity index (χ0n) is 16.4. The minimum atomic E-state index is -0.962. The van der Waals surface area contributed by atoms with Gasteiger partial charge in [0, 0.05) is 6.42 Å². The fourth-order valence-corrected chi connectivity index (χ4v) is 7.68. The Balaban J connectivity index is 1.64. The van der Waals surface area contributed by atoms with Crippen molar-refractivity contribution >= 4 is 11.8 Å². The van der Waals surface area contributed by atoms with E-state index in [1.165, 1.54) is 5.57 Å². The maximum absolute atomic E-state index is 11.9. The number of aliphatic carboxylic acids is 1. The second kappa shape index (κ2) is 6.41. The third-order valence-corrected chi connectivity index (χ3v) is 8.81. The molecule has 0 amide bonds. The number of carbonyl (C=O) groups excluding carboxylic acids is 1. The van der Waals surface area contributed by atoms with Crippen molar-refractivity contribution < 1.29 is 24.9 Å². The minimum Gasteiger partial charge on any atom is -0.481 e. The molecule has 27 heavy (non-hydrogen) atoms. The summed E-state index contributed by atoms with van der Waals surface area (Å²) in [6, 6.07) is 0. The molecular weight excluding hydrogens is 344 g/mol. The van der Waals surface area contributed by atoms with Crippen LogP contribution in [0.4, 0.5) is 0 Å². The van der Waals surface area contributed by atoms with E-state index >= 15 is 0 Å². The standard InChI is InChI=1S/C22H32O5/c1-21-8-7-13(23)9-12(21)3-4-14-15-5-6-16(17(24)10-19(26)27)22(15,2)11-18(25)20(14)21/h9,14-18,20,24-25H,3-8,10-11H2,1-2H3,(H,26,27)/t14-,15-,16+,17?,18-,20+,21-,22-/m0/s1. The number of ketones is 1. The summed E-state index contributed by atoms with van der Waals surface area (Å²) in [5, 5.41) is 30.9. The molecule has 5 nitrogen and oxygen atoms in total. The molecule has 0 spiro atoms. The van der Waals surface area contributed by atoms with Gasteiger partial charge in [0.1, 0.15) is 0 Å². The van der Waals surface area contributed by atoms with Gasteiger partial charge in [0.05, 0.1) is 18.6 Å². The van der Waals surface area contributed by atoms with E-state index in [9.17, 15) is 19.8 Å². The Hall–Kier alpha value is -1.20. The Kier molecular flexibility index (Phi) is 4.54. The number of rotatable bonds is 3. The number of hydrogen-bond donors (Lipinski definition) is 3. The Bertz CT molecular complexity index is 684. The van der Waals surface area contributed by atoms with Gasteiger partial charge in [-0.2, -0.15) is 0 Å². The lowest BCUT2D eigenvalue weighted by Gasteiger charge is -2.60. The Morgan fingerprint density at radius 2 is 2.00 bits per heavy atom. The Morgan fingerprint density at radius 1 is 1.26 bits per heavy atom. The van der Waals surface area contributed by atoms with Gasteiger partial charge in [0.25, 0.3) is 0 Å². The maximum Gasteiger partial charge on any atom is 0.305 e. The molecule has 0 aromatic heterocycles. The van der Waals surface area contributed by atoms with Gasteiger partial charge in [-0.3, -0.25) is 9.59 Å². The first-order chi connectivity index (χ1) is 12.7. The van der Waals surface area contributed by atoms with Crippen LogP contribution in [0.25, 0.3) is 0 Å². The predicted octanol–water partition coefficient (Wildman–Crippen LogP) is 2.94. The molecule has 0 aliphatic heterocycles. The summed E-state index contributed by atoms with van der Waals surface area (Å²) < 4.78 is 0. The monoisotopic (exact) mass is 376 g/mol.